The molecular weight excluding hydrogens is 246 g/mol. The van der Waals surface area contributed by atoms with Crippen molar-refractivity contribution in [1.82, 2.24) is 4.90 Å². The molecule has 1 aliphatic heterocycles. The number of ether oxygens (including phenoxy) is 1. The van der Waals surface area contributed by atoms with Crippen molar-refractivity contribution in [2.24, 2.45) is 11.8 Å². The first-order valence-corrected chi connectivity index (χ1v) is 7.94. The maximum atomic E-state index is 5.80. The third kappa shape index (κ3) is 4.60. The number of aryl methyl sites for hydroxylation is 1. The molecule has 0 N–H and O–H groups in total. The van der Waals surface area contributed by atoms with Crippen molar-refractivity contribution >= 4 is 0 Å². The standard InChI is InChI=1S/C18H29NO/c1-14(2)20-13-18-12-19(11-16(18)4)9-8-17-7-5-6-15(3)10-17/h5-7,10,14,16,18H,8-9,11-13H2,1-4H3. The van der Waals surface area contributed by atoms with Crippen LogP contribution in [0.4, 0.5) is 0 Å². The van der Waals surface area contributed by atoms with E-state index in [4.69, 9.17) is 4.74 Å². The minimum absolute atomic E-state index is 0.351. The van der Waals surface area contributed by atoms with Gasteiger partial charge in [0.15, 0.2) is 0 Å². The fraction of sp³-hybridized carbons (Fsp3) is 0.667. The number of nitrogens with zero attached hydrogens (tertiary/aromatic N) is 1. The second-order valence-corrected chi connectivity index (χ2v) is 6.62. The third-order valence-electron chi connectivity index (χ3n) is 4.29. The van der Waals surface area contributed by atoms with E-state index in [1.807, 2.05) is 0 Å². The predicted molar refractivity (Wildman–Crippen MR) is 85.1 cm³/mol. The number of hydrogen-bond acceptors (Lipinski definition) is 2. The van der Waals surface area contributed by atoms with Gasteiger partial charge in [0.25, 0.3) is 0 Å². The van der Waals surface area contributed by atoms with Crippen molar-refractivity contribution in [3.8, 4) is 0 Å². The summed E-state index contributed by atoms with van der Waals surface area (Å²) in [5, 5.41) is 0. The topological polar surface area (TPSA) is 12.5 Å². The zero-order chi connectivity index (χ0) is 14.5. The summed E-state index contributed by atoms with van der Waals surface area (Å²) in [4.78, 5) is 2.60. The van der Waals surface area contributed by atoms with E-state index >= 15 is 0 Å². The average molecular weight is 275 g/mol. The van der Waals surface area contributed by atoms with Gasteiger partial charge in [-0.1, -0.05) is 36.8 Å². The molecule has 0 aromatic heterocycles. The van der Waals surface area contributed by atoms with Gasteiger partial charge in [-0.3, -0.25) is 0 Å². The van der Waals surface area contributed by atoms with E-state index in [2.05, 4.69) is 56.9 Å². The zero-order valence-corrected chi connectivity index (χ0v) is 13.4. The second-order valence-electron chi connectivity index (χ2n) is 6.62. The quantitative estimate of drug-likeness (QED) is 0.787. The Balaban J connectivity index is 1.77. The van der Waals surface area contributed by atoms with Crippen molar-refractivity contribution in [3.63, 3.8) is 0 Å². The SMILES string of the molecule is Cc1cccc(CCN2CC(C)C(COC(C)C)C2)c1. The van der Waals surface area contributed by atoms with Crippen LogP contribution in [0.3, 0.4) is 0 Å². The molecule has 1 aromatic rings. The van der Waals surface area contributed by atoms with Crippen LogP contribution in [0.5, 0.6) is 0 Å². The molecule has 2 atom stereocenters. The van der Waals surface area contributed by atoms with Gasteiger partial charge >= 0.3 is 0 Å². The number of hydrogen-bond donors (Lipinski definition) is 0. The van der Waals surface area contributed by atoms with Crippen molar-refractivity contribution in [2.45, 2.75) is 40.2 Å². The van der Waals surface area contributed by atoms with Crippen LogP contribution in [-0.2, 0) is 11.2 Å². The molecule has 112 valence electrons. The summed E-state index contributed by atoms with van der Waals surface area (Å²) in [7, 11) is 0. The number of benzene rings is 1. The molecule has 2 heteroatoms. The summed E-state index contributed by atoms with van der Waals surface area (Å²) in [6, 6.07) is 8.88. The van der Waals surface area contributed by atoms with Crippen molar-refractivity contribution < 1.29 is 4.74 Å². The van der Waals surface area contributed by atoms with E-state index in [1.54, 1.807) is 0 Å². The van der Waals surface area contributed by atoms with Gasteiger partial charge in [-0.25, -0.2) is 0 Å². The van der Waals surface area contributed by atoms with E-state index in [1.165, 1.54) is 30.8 Å². The van der Waals surface area contributed by atoms with Crippen LogP contribution < -0.4 is 0 Å². The highest BCUT2D eigenvalue weighted by molar-refractivity contribution is 5.22. The molecule has 20 heavy (non-hydrogen) atoms. The van der Waals surface area contributed by atoms with Crippen LogP contribution >= 0.6 is 0 Å². The Morgan fingerprint density at radius 2 is 2.10 bits per heavy atom. The van der Waals surface area contributed by atoms with Gasteiger partial charge < -0.3 is 9.64 Å². The Labute approximate surface area is 124 Å². The average Bonchev–Trinajstić information content (AvgIpc) is 2.75. The van der Waals surface area contributed by atoms with Crippen molar-refractivity contribution in [2.75, 3.05) is 26.2 Å². The first kappa shape index (κ1) is 15.5. The second kappa shape index (κ2) is 7.24. The fourth-order valence-corrected chi connectivity index (χ4v) is 3.01. The molecule has 0 radical (unpaired) electrons. The van der Waals surface area contributed by atoms with Gasteiger partial charge in [0.2, 0.25) is 0 Å². The maximum Gasteiger partial charge on any atom is 0.0519 e. The first-order valence-electron chi connectivity index (χ1n) is 7.94. The van der Waals surface area contributed by atoms with E-state index in [-0.39, 0.29) is 0 Å². The van der Waals surface area contributed by atoms with Crippen LogP contribution in [0, 0.1) is 18.8 Å². The minimum Gasteiger partial charge on any atom is -0.378 e. The Bertz CT molecular complexity index is 416. The first-order chi connectivity index (χ1) is 9.54. The lowest BCUT2D eigenvalue weighted by atomic mass is 9.99. The van der Waals surface area contributed by atoms with Gasteiger partial charge in [-0.2, -0.15) is 0 Å². The van der Waals surface area contributed by atoms with Crippen LogP contribution in [0.1, 0.15) is 31.9 Å². The number of rotatable bonds is 6. The van der Waals surface area contributed by atoms with Crippen molar-refractivity contribution in [1.29, 1.82) is 0 Å². The molecule has 2 rings (SSSR count). The van der Waals surface area contributed by atoms with Crippen LogP contribution in [-0.4, -0.2) is 37.2 Å². The van der Waals surface area contributed by atoms with Gasteiger partial charge in [0.1, 0.15) is 0 Å². The maximum absolute atomic E-state index is 5.80. The van der Waals surface area contributed by atoms with Gasteiger partial charge in [0, 0.05) is 19.6 Å². The van der Waals surface area contributed by atoms with Crippen LogP contribution in [0.15, 0.2) is 24.3 Å². The predicted octanol–water partition coefficient (Wildman–Crippen LogP) is 3.53. The summed E-state index contributed by atoms with van der Waals surface area (Å²) in [5.74, 6) is 1.46. The summed E-state index contributed by atoms with van der Waals surface area (Å²) in [6.07, 6.45) is 1.51. The molecule has 1 heterocycles. The van der Waals surface area contributed by atoms with E-state index in [0.717, 1.165) is 18.9 Å². The van der Waals surface area contributed by atoms with Gasteiger partial charge in [-0.15, -0.1) is 0 Å². The largest absolute Gasteiger partial charge is 0.378 e. The monoisotopic (exact) mass is 275 g/mol. The molecule has 0 aliphatic carbocycles. The molecule has 1 aliphatic rings. The van der Waals surface area contributed by atoms with Gasteiger partial charge in [0.05, 0.1) is 12.7 Å². The fourth-order valence-electron chi connectivity index (χ4n) is 3.01. The molecular formula is C18H29NO. The highest BCUT2D eigenvalue weighted by atomic mass is 16.5. The molecule has 2 unspecified atom stereocenters. The Morgan fingerprint density at radius 1 is 1.30 bits per heavy atom. The molecule has 1 aromatic carbocycles. The number of likely N-dealkylation sites (tertiary alicyclic amines) is 1. The summed E-state index contributed by atoms with van der Waals surface area (Å²) in [5.41, 5.74) is 2.82. The van der Waals surface area contributed by atoms with Crippen molar-refractivity contribution in [3.05, 3.63) is 35.4 Å². The van der Waals surface area contributed by atoms with E-state index in [0.29, 0.717) is 12.0 Å². The molecule has 0 amide bonds. The lowest BCUT2D eigenvalue weighted by Crippen LogP contribution is -2.24. The normalized spacial score (nSPS) is 23.6. The molecule has 0 bridgehead atoms. The smallest absolute Gasteiger partial charge is 0.0519 e. The lowest BCUT2D eigenvalue weighted by molar-refractivity contribution is 0.0455. The Kier molecular flexibility index (Phi) is 5.62. The molecule has 2 nitrogen and oxygen atoms in total. The Hall–Kier alpha value is -0.860. The lowest BCUT2D eigenvalue weighted by Gasteiger charge is -2.17. The van der Waals surface area contributed by atoms with Crippen LogP contribution in [0.25, 0.3) is 0 Å². The minimum atomic E-state index is 0.351. The molecule has 0 spiro atoms. The molecule has 1 fully saturated rings. The molecule has 1 saturated heterocycles. The highest BCUT2D eigenvalue weighted by Gasteiger charge is 2.29. The van der Waals surface area contributed by atoms with Gasteiger partial charge in [-0.05, 0) is 44.6 Å². The summed E-state index contributed by atoms with van der Waals surface area (Å²) >= 11 is 0. The highest BCUT2D eigenvalue weighted by Crippen LogP contribution is 2.23. The molecule has 0 saturated carbocycles. The van der Waals surface area contributed by atoms with E-state index in [9.17, 15) is 0 Å². The van der Waals surface area contributed by atoms with Crippen LogP contribution in [0.2, 0.25) is 0 Å². The van der Waals surface area contributed by atoms with E-state index < -0.39 is 0 Å². The summed E-state index contributed by atoms with van der Waals surface area (Å²) < 4.78 is 5.80. The third-order valence-corrected chi connectivity index (χ3v) is 4.29. The zero-order valence-electron chi connectivity index (χ0n) is 13.4. The Morgan fingerprint density at radius 3 is 2.80 bits per heavy atom. The summed E-state index contributed by atoms with van der Waals surface area (Å²) in [6.45, 7) is 13.3.